The van der Waals surface area contributed by atoms with Gasteiger partial charge in [-0.15, -0.1) is 0 Å². The molecule has 7 saturated heterocycles. The van der Waals surface area contributed by atoms with Crippen LogP contribution in [-0.4, -0.2) is 379 Å². The second kappa shape index (κ2) is 27.5. The molecular weight excluding hydrogens is 1080 g/mol. The Kier molecular flexibility index (Phi) is 22.6. The van der Waals surface area contributed by atoms with Gasteiger partial charge in [0.2, 0.25) is 0 Å². The van der Waals surface area contributed by atoms with E-state index in [1.54, 1.807) is 0 Å². The first kappa shape index (κ1) is 64.1. The minimum absolute atomic E-state index is 0.767. The Balaban J connectivity index is 0.934. The van der Waals surface area contributed by atoms with Crippen molar-refractivity contribution in [3.05, 3.63) is 0 Å². The maximum Gasteiger partial charge on any atom is 0.187 e. The van der Waals surface area contributed by atoms with E-state index >= 15 is 0 Å². The van der Waals surface area contributed by atoms with Crippen LogP contribution in [-0.2, 0) is 61.6 Å². The molecule has 0 bridgehead atoms. The van der Waals surface area contributed by atoms with Crippen LogP contribution >= 0.6 is 0 Å². The molecule has 7 aliphatic rings. The Morgan fingerprint density at radius 3 is 0.782 bits per heavy atom. The third-order valence-electron chi connectivity index (χ3n) is 14.5. The lowest BCUT2D eigenvalue weighted by Gasteiger charge is -2.48. The van der Waals surface area contributed by atoms with Gasteiger partial charge in [0.25, 0.3) is 0 Å². The first-order valence-electron chi connectivity index (χ1n) is 24.7. The first-order valence-corrected chi connectivity index (χ1v) is 24.7. The Morgan fingerprint density at radius 1 is 0.218 bits per heavy atom. The monoisotopic (exact) mass is 1150 g/mol. The zero-order chi connectivity index (χ0) is 57.3. The molecule has 7 aliphatic heterocycles. The molecule has 78 heavy (non-hydrogen) atoms. The summed E-state index contributed by atoms with van der Waals surface area (Å²) >= 11 is 0. The lowest BCUT2D eigenvalue weighted by Crippen LogP contribution is -2.67. The van der Waals surface area contributed by atoms with Gasteiger partial charge in [-0.05, 0) is 0 Å². The molecule has 35 atom stereocenters. The van der Waals surface area contributed by atoms with Crippen molar-refractivity contribution in [2.24, 2.45) is 0 Å². The lowest BCUT2D eigenvalue weighted by molar-refractivity contribution is -0.386. The van der Waals surface area contributed by atoms with Crippen molar-refractivity contribution < 1.29 is 179 Å². The summed E-state index contributed by atoms with van der Waals surface area (Å²) in [4.78, 5) is 0. The molecule has 36 heteroatoms. The number of aliphatic hydroxyl groups is 23. The normalized spacial score (nSPS) is 53.5. The largest absolute Gasteiger partial charge is 0.394 e. The Morgan fingerprint density at radius 2 is 0.449 bits per heavy atom. The van der Waals surface area contributed by atoms with Gasteiger partial charge >= 0.3 is 0 Å². The molecule has 7 heterocycles. The smallest absolute Gasteiger partial charge is 0.187 e. The van der Waals surface area contributed by atoms with Crippen LogP contribution in [0.3, 0.4) is 0 Å². The van der Waals surface area contributed by atoms with E-state index in [0.717, 1.165) is 0 Å². The quantitative estimate of drug-likeness (QED) is 0.0571. The standard InChI is InChI=1S/C42H72O36/c43-1-8-15(48)18(51)26(59)37(69-8)66-6-13-16(49)19(52)27(60)39(73-13)77-35-12(5-47)72-42(31(64)24(35)57)78-33-10(3-45)70-38(29(62)22(33)55)67-7-14-17(50)20(53)28(61)40(74-14)76-34-11(4-46)71-41(30(63)23(34)56)75-32-9(2-44)68-36(65)25(58)21(32)54/h8-65H,1-7H2/t8-,9-,10-,11-,12-,13-,14-,15-,16-,17-,18+,19+,20+,21-,22-,23-,24-,25-,26-,27-,28-,29-,30-,31-,32-,33-,34-,35-,36?,37+,38+,39-,40-,41-,42-/m1/s1. The molecule has 0 aromatic carbocycles. The number of hydrogen-bond acceptors (Lipinski definition) is 36. The summed E-state index contributed by atoms with van der Waals surface area (Å²) in [7, 11) is 0. The molecule has 1 unspecified atom stereocenters. The van der Waals surface area contributed by atoms with E-state index in [1.165, 1.54) is 0 Å². The molecule has 456 valence electrons. The van der Waals surface area contributed by atoms with Crippen LogP contribution in [0.15, 0.2) is 0 Å². The summed E-state index contributed by atoms with van der Waals surface area (Å²) in [6, 6.07) is 0. The van der Waals surface area contributed by atoms with Gasteiger partial charge in [-0.25, -0.2) is 0 Å². The van der Waals surface area contributed by atoms with Crippen LogP contribution in [0, 0.1) is 0 Å². The van der Waals surface area contributed by atoms with Crippen molar-refractivity contribution in [3.63, 3.8) is 0 Å². The Hall–Kier alpha value is -1.44. The molecular formula is C42H72O36. The molecule has 23 N–H and O–H groups in total. The predicted octanol–water partition coefficient (Wildman–Crippen LogP) is -16.3. The fourth-order valence-electron chi connectivity index (χ4n) is 9.80. The summed E-state index contributed by atoms with van der Waals surface area (Å²) in [6.07, 6.45) is -66.6. The van der Waals surface area contributed by atoms with Gasteiger partial charge in [0.1, 0.15) is 171 Å². The molecule has 0 aromatic rings. The van der Waals surface area contributed by atoms with E-state index in [2.05, 4.69) is 0 Å². The fraction of sp³-hybridized carbons (Fsp3) is 1.00. The van der Waals surface area contributed by atoms with E-state index in [-0.39, 0.29) is 0 Å². The van der Waals surface area contributed by atoms with E-state index in [4.69, 9.17) is 61.6 Å². The Labute approximate surface area is 439 Å². The molecule has 0 radical (unpaired) electrons. The summed E-state index contributed by atoms with van der Waals surface area (Å²) in [5.74, 6) is 0. The topological polar surface area (TPSA) is 585 Å². The maximum atomic E-state index is 11.2. The van der Waals surface area contributed by atoms with Gasteiger partial charge in [0.15, 0.2) is 44.0 Å². The van der Waals surface area contributed by atoms with Gasteiger partial charge in [0.05, 0.1) is 46.2 Å². The van der Waals surface area contributed by atoms with Crippen LogP contribution in [0.2, 0.25) is 0 Å². The Bertz CT molecular complexity index is 1810. The molecule has 0 aromatic heterocycles. The average Bonchev–Trinajstić information content (AvgIpc) is 3.46. The van der Waals surface area contributed by atoms with E-state index < -0.39 is 261 Å². The van der Waals surface area contributed by atoms with Crippen LogP contribution < -0.4 is 0 Å². The van der Waals surface area contributed by atoms with Crippen molar-refractivity contribution in [3.8, 4) is 0 Å². The van der Waals surface area contributed by atoms with Crippen molar-refractivity contribution in [1.82, 2.24) is 0 Å². The molecule has 7 rings (SSSR count). The first-order chi connectivity index (χ1) is 36.9. The highest BCUT2D eigenvalue weighted by atomic mass is 16.8. The second-order valence-electron chi connectivity index (χ2n) is 19.6. The van der Waals surface area contributed by atoms with Crippen molar-refractivity contribution >= 4 is 0 Å². The van der Waals surface area contributed by atoms with Crippen LogP contribution in [0.5, 0.6) is 0 Å². The summed E-state index contributed by atoms with van der Waals surface area (Å²) in [5, 5.41) is 242. The predicted molar refractivity (Wildman–Crippen MR) is 232 cm³/mol. The summed E-state index contributed by atoms with van der Waals surface area (Å²) < 4.78 is 71.6. The van der Waals surface area contributed by atoms with Gasteiger partial charge in [-0.1, -0.05) is 0 Å². The van der Waals surface area contributed by atoms with Crippen molar-refractivity contribution in [2.75, 3.05) is 46.2 Å². The number of ether oxygens (including phenoxy) is 13. The summed E-state index contributed by atoms with van der Waals surface area (Å²) in [6.45, 7) is -6.38. The van der Waals surface area contributed by atoms with Crippen molar-refractivity contribution in [1.29, 1.82) is 0 Å². The highest BCUT2D eigenvalue weighted by Crippen LogP contribution is 2.36. The minimum atomic E-state index is -2.19. The molecule has 0 amide bonds. The van der Waals surface area contributed by atoms with Gasteiger partial charge < -0.3 is 179 Å². The van der Waals surface area contributed by atoms with E-state index in [0.29, 0.717) is 0 Å². The molecule has 7 fully saturated rings. The number of rotatable bonds is 19. The van der Waals surface area contributed by atoms with Crippen LogP contribution in [0.25, 0.3) is 0 Å². The maximum absolute atomic E-state index is 11.2. The highest BCUT2D eigenvalue weighted by Gasteiger charge is 2.57. The van der Waals surface area contributed by atoms with Crippen molar-refractivity contribution in [2.45, 2.75) is 215 Å². The minimum Gasteiger partial charge on any atom is -0.394 e. The van der Waals surface area contributed by atoms with Crippen LogP contribution in [0.4, 0.5) is 0 Å². The average molecular weight is 1150 g/mol. The highest BCUT2D eigenvalue weighted by molar-refractivity contribution is 4.99. The SMILES string of the molecule is OC[C@H]1O[C@H](OC[C@H]2O[C@H](O[C@H]3[C@H](O)[C@@H](O)[C@@H](O[C@H]4[C@H](O)[C@@H](O)[C@@H](OC[C@H]5O[C@H](O[C@H]6[C@H](O)[C@@H](O)[C@@H](O[C@H]7[C@H](O)[C@@H](O)C(O)O[C@@H]7CO)O[C@@H]6CO)[C@H](O)[C@@H](O)[C@@H]5O)O[C@@H]4CO)O[C@@H]3CO)[C@H](O)[C@@H](O)[C@@H]2O)[C@H](O)[C@@H](O)[C@@H]1O. The van der Waals surface area contributed by atoms with E-state index in [9.17, 15) is 117 Å². The fourth-order valence-corrected chi connectivity index (χ4v) is 9.80. The van der Waals surface area contributed by atoms with Gasteiger partial charge in [-0.3, -0.25) is 0 Å². The zero-order valence-corrected chi connectivity index (χ0v) is 40.8. The van der Waals surface area contributed by atoms with Gasteiger partial charge in [0, 0.05) is 0 Å². The molecule has 0 spiro atoms. The number of hydrogen-bond donors (Lipinski definition) is 23. The lowest BCUT2D eigenvalue weighted by atomic mass is 9.95. The molecule has 36 nitrogen and oxygen atoms in total. The molecule has 0 saturated carbocycles. The molecule has 0 aliphatic carbocycles. The number of aliphatic hydroxyl groups excluding tert-OH is 23. The third kappa shape index (κ3) is 13.2. The van der Waals surface area contributed by atoms with Gasteiger partial charge in [-0.2, -0.15) is 0 Å². The second-order valence-corrected chi connectivity index (χ2v) is 19.6. The van der Waals surface area contributed by atoms with E-state index in [1.807, 2.05) is 0 Å². The zero-order valence-electron chi connectivity index (χ0n) is 40.8. The van der Waals surface area contributed by atoms with Crippen LogP contribution in [0.1, 0.15) is 0 Å². The summed E-state index contributed by atoms with van der Waals surface area (Å²) in [5.41, 5.74) is 0. The third-order valence-corrected chi connectivity index (χ3v) is 14.5.